The van der Waals surface area contributed by atoms with Gasteiger partial charge in [0.05, 0.1) is 28.7 Å². The van der Waals surface area contributed by atoms with Gasteiger partial charge in [0.25, 0.3) is 11.8 Å². The lowest BCUT2D eigenvalue weighted by atomic mass is 10.0. The number of nitrogens with zero attached hydrogens (tertiary/aromatic N) is 1. The van der Waals surface area contributed by atoms with Gasteiger partial charge in [-0.25, -0.2) is 4.21 Å². The zero-order chi connectivity index (χ0) is 26.2. The second-order valence-electron chi connectivity index (χ2n) is 7.83. The fourth-order valence-corrected chi connectivity index (χ4v) is 4.01. The molecule has 4 rings (SSSR count). The van der Waals surface area contributed by atoms with Crippen LogP contribution >= 0.6 is 11.6 Å². The Morgan fingerprint density at radius 1 is 0.892 bits per heavy atom. The highest BCUT2D eigenvalue weighted by Crippen LogP contribution is 2.29. The molecule has 10 heteroatoms. The summed E-state index contributed by atoms with van der Waals surface area (Å²) in [4.78, 5) is 30.2. The molecule has 0 aliphatic rings. The number of anilines is 2. The Morgan fingerprint density at radius 3 is 2.38 bits per heavy atom. The molecule has 2 amide bonds. The van der Waals surface area contributed by atoms with E-state index < -0.39 is 17.3 Å². The van der Waals surface area contributed by atoms with Crippen molar-refractivity contribution >= 4 is 46.2 Å². The van der Waals surface area contributed by atoms with Gasteiger partial charge in [-0.15, -0.1) is 0 Å². The number of amides is 2. The van der Waals surface area contributed by atoms with Crippen LogP contribution in [0.25, 0.3) is 11.3 Å². The first-order valence-corrected chi connectivity index (χ1v) is 12.5. The highest BCUT2D eigenvalue weighted by atomic mass is 35.5. The number of nitrogens with one attached hydrogen (secondary N) is 2. The predicted octanol–water partition coefficient (Wildman–Crippen LogP) is 5.26. The minimum Gasteiger partial charge on any atom is -0.750 e. The minimum atomic E-state index is -2.65. The SMILES string of the molecule is O=C(Nc1ccc(Cl)c(-c2ccccn2)c1)c1ccc(CCOS(=O)[O-])c(NC(=O)c2ccccc2)c1. The summed E-state index contributed by atoms with van der Waals surface area (Å²) in [6, 6.07) is 23.9. The van der Waals surface area contributed by atoms with Crippen molar-refractivity contribution in [3.8, 4) is 11.3 Å². The summed E-state index contributed by atoms with van der Waals surface area (Å²) in [6.45, 7) is -0.114. The fourth-order valence-electron chi connectivity index (χ4n) is 3.58. The number of carbonyl (C=O) groups is 2. The summed E-state index contributed by atoms with van der Waals surface area (Å²) in [6.07, 6.45) is 1.86. The Bertz CT molecular complexity index is 1430. The molecule has 1 atom stereocenters. The van der Waals surface area contributed by atoms with Gasteiger partial charge >= 0.3 is 0 Å². The average molecular weight is 535 g/mol. The molecule has 0 saturated heterocycles. The van der Waals surface area contributed by atoms with E-state index in [1.807, 2.05) is 12.1 Å². The topological polar surface area (TPSA) is 120 Å². The van der Waals surface area contributed by atoms with Crippen molar-refractivity contribution in [1.82, 2.24) is 4.98 Å². The van der Waals surface area contributed by atoms with E-state index in [1.54, 1.807) is 72.9 Å². The molecule has 1 aromatic heterocycles. The van der Waals surface area contributed by atoms with Crippen LogP contribution in [0.1, 0.15) is 26.3 Å². The molecule has 2 N–H and O–H groups in total. The largest absolute Gasteiger partial charge is 0.750 e. The number of hydrogen-bond acceptors (Lipinski definition) is 6. The Kier molecular flexibility index (Phi) is 8.76. The molecular weight excluding hydrogens is 514 g/mol. The fraction of sp³-hybridized carbons (Fsp3) is 0.0741. The Morgan fingerprint density at radius 2 is 1.65 bits per heavy atom. The quantitative estimate of drug-likeness (QED) is 0.283. The van der Waals surface area contributed by atoms with E-state index in [1.165, 1.54) is 6.07 Å². The second-order valence-corrected chi connectivity index (χ2v) is 8.88. The third-order valence-corrected chi connectivity index (χ3v) is 6.06. The third kappa shape index (κ3) is 7.08. The van der Waals surface area contributed by atoms with E-state index in [9.17, 15) is 18.4 Å². The van der Waals surface area contributed by atoms with Crippen LogP contribution in [-0.4, -0.2) is 32.2 Å². The summed E-state index contributed by atoms with van der Waals surface area (Å²) < 4.78 is 26.1. The number of pyridine rings is 1. The summed E-state index contributed by atoms with van der Waals surface area (Å²) >= 11 is 3.69. The first-order valence-electron chi connectivity index (χ1n) is 11.1. The monoisotopic (exact) mass is 534 g/mol. The van der Waals surface area contributed by atoms with Gasteiger partial charge in [0.1, 0.15) is 0 Å². The maximum absolute atomic E-state index is 13.1. The number of rotatable bonds is 9. The highest BCUT2D eigenvalue weighted by Gasteiger charge is 2.15. The van der Waals surface area contributed by atoms with Gasteiger partial charge in [0.2, 0.25) is 0 Å². The van der Waals surface area contributed by atoms with Crippen LogP contribution in [0.3, 0.4) is 0 Å². The summed E-state index contributed by atoms with van der Waals surface area (Å²) in [5.41, 5.74) is 3.54. The maximum Gasteiger partial charge on any atom is 0.255 e. The van der Waals surface area contributed by atoms with E-state index in [2.05, 4.69) is 19.8 Å². The lowest BCUT2D eigenvalue weighted by molar-refractivity contribution is 0.101. The van der Waals surface area contributed by atoms with Crippen molar-refractivity contribution in [2.24, 2.45) is 0 Å². The van der Waals surface area contributed by atoms with Crippen molar-refractivity contribution in [1.29, 1.82) is 0 Å². The summed E-state index contributed by atoms with van der Waals surface area (Å²) in [5.74, 6) is -0.779. The Hall–Kier alpha value is -3.89. The molecule has 0 radical (unpaired) electrons. The van der Waals surface area contributed by atoms with Gasteiger partial charge < -0.3 is 19.4 Å². The average Bonchev–Trinajstić information content (AvgIpc) is 2.91. The van der Waals surface area contributed by atoms with Gasteiger partial charge in [-0.05, 0) is 66.6 Å². The van der Waals surface area contributed by atoms with E-state index in [0.29, 0.717) is 38.8 Å². The van der Waals surface area contributed by atoms with Gasteiger partial charge in [-0.1, -0.05) is 41.9 Å². The summed E-state index contributed by atoms with van der Waals surface area (Å²) in [7, 11) is 0. The van der Waals surface area contributed by atoms with Crippen molar-refractivity contribution in [2.45, 2.75) is 6.42 Å². The molecule has 0 aliphatic carbocycles. The lowest BCUT2D eigenvalue weighted by Gasteiger charge is -2.14. The maximum atomic E-state index is 13.1. The number of aromatic nitrogens is 1. The zero-order valence-electron chi connectivity index (χ0n) is 19.3. The molecule has 0 fully saturated rings. The standard InChI is InChI=1S/C27H22ClN3O5S/c28-23-12-11-21(17-22(23)24-8-4-5-14-29-24)30-27(33)20-10-9-18(13-15-36-37(34)35)25(16-20)31-26(32)19-6-2-1-3-7-19/h1-12,14,16-17H,13,15H2,(H,30,33)(H,31,32)(H,34,35)/p-1. The van der Waals surface area contributed by atoms with Crippen LogP contribution in [0.2, 0.25) is 5.02 Å². The Balaban J connectivity index is 1.58. The second kappa shape index (κ2) is 12.4. The molecule has 0 spiro atoms. The third-order valence-electron chi connectivity index (χ3n) is 5.37. The van der Waals surface area contributed by atoms with Crippen LogP contribution in [0.15, 0.2) is 91.1 Å². The van der Waals surface area contributed by atoms with Crippen LogP contribution in [0.4, 0.5) is 11.4 Å². The number of carbonyl (C=O) groups excluding carboxylic acids is 2. The molecule has 0 bridgehead atoms. The summed E-state index contributed by atoms with van der Waals surface area (Å²) in [5, 5.41) is 6.14. The molecule has 1 unspecified atom stereocenters. The molecule has 1 heterocycles. The zero-order valence-corrected chi connectivity index (χ0v) is 20.9. The number of halogens is 1. The molecular formula is C27H21ClN3O5S-. The van der Waals surface area contributed by atoms with Crippen molar-refractivity contribution in [2.75, 3.05) is 17.2 Å². The highest BCUT2D eigenvalue weighted by molar-refractivity contribution is 7.74. The molecule has 8 nitrogen and oxygen atoms in total. The molecule has 0 saturated carbocycles. The Labute approximate surface area is 221 Å². The van der Waals surface area contributed by atoms with Crippen LogP contribution in [0, 0.1) is 0 Å². The molecule has 0 aliphatic heterocycles. The van der Waals surface area contributed by atoms with Crippen LogP contribution < -0.4 is 10.6 Å². The molecule has 4 aromatic rings. The van der Waals surface area contributed by atoms with Crippen molar-refractivity contribution in [3.05, 3.63) is 113 Å². The van der Waals surface area contributed by atoms with Gasteiger partial charge in [-0.3, -0.25) is 14.6 Å². The molecule has 3 aromatic carbocycles. The van der Waals surface area contributed by atoms with Gasteiger partial charge in [0, 0.05) is 34.3 Å². The van der Waals surface area contributed by atoms with E-state index >= 15 is 0 Å². The normalized spacial score (nSPS) is 11.5. The number of benzene rings is 3. The van der Waals surface area contributed by atoms with Gasteiger partial charge in [-0.2, -0.15) is 0 Å². The van der Waals surface area contributed by atoms with Crippen LogP contribution in [0.5, 0.6) is 0 Å². The number of hydrogen-bond donors (Lipinski definition) is 2. The van der Waals surface area contributed by atoms with E-state index in [0.717, 1.165) is 0 Å². The predicted molar refractivity (Wildman–Crippen MR) is 142 cm³/mol. The van der Waals surface area contributed by atoms with E-state index in [4.69, 9.17) is 11.6 Å². The minimum absolute atomic E-state index is 0.114. The van der Waals surface area contributed by atoms with Gasteiger partial charge in [0.15, 0.2) is 0 Å². The molecule has 37 heavy (non-hydrogen) atoms. The molecule has 188 valence electrons. The first-order chi connectivity index (χ1) is 17.9. The smallest absolute Gasteiger partial charge is 0.255 e. The van der Waals surface area contributed by atoms with E-state index in [-0.39, 0.29) is 24.5 Å². The first kappa shape index (κ1) is 26.2. The lowest BCUT2D eigenvalue weighted by Crippen LogP contribution is -2.16. The van der Waals surface area contributed by atoms with Crippen molar-refractivity contribution < 1.29 is 22.5 Å². The van der Waals surface area contributed by atoms with Crippen LogP contribution in [-0.2, 0) is 22.0 Å². The van der Waals surface area contributed by atoms with Crippen molar-refractivity contribution in [3.63, 3.8) is 0 Å².